The number of fused-ring (bicyclic) bond motifs is 2. The molecule has 0 aromatic heterocycles. The molecule has 40 heavy (non-hydrogen) atoms. The fourth-order valence-corrected chi connectivity index (χ4v) is 6.73. The molecule has 0 unspecified atom stereocenters. The van der Waals surface area contributed by atoms with Gasteiger partial charge < -0.3 is 9.47 Å². The van der Waals surface area contributed by atoms with Crippen molar-refractivity contribution in [3.63, 3.8) is 0 Å². The first-order chi connectivity index (χ1) is 18.9. The molecule has 9 heteroatoms. The van der Waals surface area contributed by atoms with Crippen LogP contribution in [0.15, 0.2) is 66.7 Å². The van der Waals surface area contributed by atoms with Crippen LogP contribution in [0.5, 0.6) is 11.5 Å². The van der Waals surface area contributed by atoms with Crippen molar-refractivity contribution >= 4 is 46.4 Å². The third kappa shape index (κ3) is 3.05. The lowest BCUT2D eigenvalue weighted by molar-refractivity contribution is -0.154. The van der Waals surface area contributed by atoms with Crippen LogP contribution in [0.2, 0.25) is 5.02 Å². The Hall–Kier alpha value is -4.04. The second kappa shape index (κ2) is 8.48. The molecule has 206 valence electrons. The van der Waals surface area contributed by atoms with Crippen molar-refractivity contribution in [2.45, 2.75) is 39.4 Å². The molecule has 0 N–H and O–H groups in total. The maximum absolute atomic E-state index is 15.0. The monoisotopic (exact) mass is 559 g/mol. The normalized spacial score (nSPS) is 24.1. The fraction of sp³-hybridized carbons (Fsp3) is 0.323. The van der Waals surface area contributed by atoms with Gasteiger partial charge in [0.25, 0.3) is 5.91 Å². The maximum Gasteiger partial charge on any atom is 0.260 e. The maximum atomic E-state index is 15.0. The number of β-lactam (4-membered cyclic amide) rings is 2. The average Bonchev–Trinajstić information content (AvgIpc) is 3.20. The van der Waals surface area contributed by atoms with Gasteiger partial charge in [0.1, 0.15) is 17.7 Å². The van der Waals surface area contributed by atoms with E-state index in [0.717, 1.165) is 0 Å². The van der Waals surface area contributed by atoms with E-state index in [1.807, 2.05) is 13.8 Å². The Kier molecular flexibility index (Phi) is 5.55. The van der Waals surface area contributed by atoms with Crippen molar-refractivity contribution in [2.24, 2.45) is 10.8 Å². The quantitative estimate of drug-likeness (QED) is 0.393. The van der Waals surface area contributed by atoms with Crippen LogP contribution in [0.4, 0.5) is 17.1 Å². The Morgan fingerprint density at radius 3 is 1.80 bits per heavy atom. The van der Waals surface area contributed by atoms with E-state index in [9.17, 15) is 14.4 Å². The van der Waals surface area contributed by atoms with Crippen LogP contribution in [-0.2, 0) is 19.9 Å². The first-order valence-electron chi connectivity index (χ1n) is 13.0. The summed E-state index contributed by atoms with van der Waals surface area (Å²) >= 11 is 6.52. The standard InChI is InChI=1S/C31H30ClN3O5/c1-29(2)25(33(26(29)36)19-8-12-21(39-5)13-9-19)34-24-16-7-18(32)17-23(24)31(28(34)38)30(3,4)27(37)35(31)20-10-14-22(40-6)15-11-20/h7-17,25H,1-6H3/t25-,31-/m1/s1. The highest BCUT2D eigenvalue weighted by atomic mass is 35.5. The number of nitrogens with zero attached hydrogens (tertiary/aromatic N) is 3. The van der Waals surface area contributed by atoms with E-state index < -0.39 is 22.5 Å². The zero-order valence-corrected chi connectivity index (χ0v) is 23.9. The summed E-state index contributed by atoms with van der Waals surface area (Å²) in [4.78, 5) is 47.1. The van der Waals surface area contributed by atoms with Crippen LogP contribution in [0.3, 0.4) is 0 Å². The molecule has 0 bridgehead atoms. The first kappa shape index (κ1) is 26.2. The van der Waals surface area contributed by atoms with Crippen molar-refractivity contribution in [3.8, 4) is 11.5 Å². The van der Waals surface area contributed by atoms with Gasteiger partial charge in [-0.25, -0.2) is 0 Å². The Morgan fingerprint density at radius 2 is 1.25 bits per heavy atom. The van der Waals surface area contributed by atoms with Gasteiger partial charge >= 0.3 is 0 Å². The number of hydrogen-bond acceptors (Lipinski definition) is 5. The second-order valence-corrected chi connectivity index (χ2v) is 11.9. The fourth-order valence-electron chi connectivity index (χ4n) is 6.55. The molecule has 0 saturated carbocycles. The average molecular weight is 560 g/mol. The Bertz CT molecular complexity index is 1570. The molecular formula is C31H30ClN3O5. The number of amides is 3. The Balaban J connectivity index is 1.53. The van der Waals surface area contributed by atoms with Crippen molar-refractivity contribution in [2.75, 3.05) is 28.9 Å². The molecule has 3 aromatic rings. The lowest BCUT2D eigenvalue weighted by Crippen LogP contribution is -2.80. The highest BCUT2D eigenvalue weighted by Gasteiger charge is 2.77. The topological polar surface area (TPSA) is 79.4 Å². The van der Waals surface area contributed by atoms with Gasteiger partial charge in [-0.2, -0.15) is 0 Å². The second-order valence-electron chi connectivity index (χ2n) is 11.5. The lowest BCUT2D eigenvalue weighted by atomic mass is 9.59. The van der Waals surface area contributed by atoms with E-state index in [2.05, 4.69) is 0 Å². The van der Waals surface area contributed by atoms with Crippen LogP contribution >= 0.6 is 11.6 Å². The summed E-state index contributed by atoms with van der Waals surface area (Å²) in [5, 5.41) is 0.452. The van der Waals surface area contributed by atoms with Crippen molar-refractivity contribution in [1.82, 2.24) is 0 Å². The van der Waals surface area contributed by atoms with Gasteiger partial charge in [-0.05, 0) is 94.4 Å². The zero-order chi connectivity index (χ0) is 28.8. The van der Waals surface area contributed by atoms with E-state index in [4.69, 9.17) is 21.1 Å². The van der Waals surface area contributed by atoms with Crippen LogP contribution in [0.1, 0.15) is 33.3 Å². The summed E-state index contributed by atoms with van der Waals surface area (Å²) in [5.41, 5.74) is -0.855. The molecule has 3 heterocycles. The lowest BCUT2D eigenvalue weighted by Gasteiger charge is -2.61. The third-order valence-corrected chi connectivity index (χ3v) is 8.93. The number of methoxy groups -OCH3 is 2. The molecule has 0 aliphatic carbocycles. The molecule has 2 saturated heterocycles. The predicted octanol–water partition coefficient (Wildman–Crippen LogP) is 5.37. The van der Waals surface area contributed by atoms with E-state index in [1.165, 1.54) is 0 Å². The van der Waals surface area contributed by atoms with E-state index in [-0.39, 0.29) is 17.7 Å². The van der Waals surface area contributed by atoms with E-state index >= 15 is 0 Å². The summed E-state index contributed by atoms with van der Waals surface area (Å²) in [6.45, 7) is 7.26. The minimum Gasteiger partial charge on any atom is -0.497 e. The van der Waals surface area contributed by atoms with E-state index in [1.54, 1.807) is 109 Å². The summed E-state index contributed by atoms with van der Waals surface area (Å²) in [7, 11) is 3.15. The summed E-state index contributed by atoms with van der Waals surface area (Å²) in [5.74, 6) is 0.721. The van der Waals surface area contributed by atoms with Crippen molar-refractivity contribution in [3.05, 3.63) is 77.3 Å². The van der Waals surface area contributed by atoms with Crippen molar-refractivity contribution < 1.29 is 23.9 Å². The third-order valence-electron chi connectivity index (χ3n) is 8.70. The SMILES string of the molecule is COc1ccc(N2C(=O)C(C)(C)[C@H]2N2C(=O)[C@@]3(c4cc(Cl)ccc42)N(c2ccc(OC)cc2)C(=O)C3(C)C)cc1. The molecule has 0 radical (unpaired) electrons. The number of hydrogen-bond donors (Lipinski definition) is 0. The summed E-state index contributed by atoms with van der Waals surface area (Å²) in [6, 6.07) is 19.5. The van der Waals surface area contributed by atoms with Gasteiger partial charge in [-0.15, -0.1) is 0 Å². The molecule has 2 fully saturated rings. The van der Waals surface area contributed by atoms with Crippen LogP contribution in [0, 0.1) is 10.8 Å². The molecule has 1 spiro atoms. The summed E-state index contributed by atoms with van der Waals surface area (Å²) in [6.07, 6.45) is -0.635. The number of rotatable bonds is 5. The molecule has 3 aliphatic heterocycles. The van der Waals surface area contributed by atoms with Crippen LogP contribution in [-0.4, -0.2) is 38.1 Å². The Morgan fingerprint density at radius 1 is 0.700 bits per heavy atom. The Labute approximate surface area is 238 Å². The molecule has 3 aromatic carbocycles. The largest absolute Gasteiger partial charge is 0.497 e. The minimum absolute atomic E-state index is 0.108. The first-order valence-corrected chi connectivity index (χ1v) is 13.4. The molecule has 3 amide bonds. The molecule has 2 atom stereocenters. The number of ether oxygens (including phenoxy) is 2. The van der Waals surface area contributed by atoms with Gasteiger partial charge in [0.05, 0.1) is 30.7 Å². The summed E-state index contributed by atoms with van der Waals surface area (Å²) < 4.78 is 10.6. The van der Waals surface area contributed by atoms with Gasteiger partial charge in [-0.3, -0.25) is 29.1 Å². The molecule has 8 nitrogen and oxygen atoms in total. The molecule has 3 aliphatic rings. The number of halogens is 1. The number of carbonyl (C=O) groups excluding carboxylic acids is 3. The highest BCUT2D eigenvalue weighted by molar-refractivity contribution is 6.32. The number of carbonyl (C=O) groups is 3. The minimum atomic E-state index is -1.36. The highest BCUT2D eigenvalue weighted by Crippen LogP contribution is 2.64. The molecular weight excluding hydrogens is 530 g/mol. The van der Waals surface area contributed by atoms with Crippen molar-refractivity contribution in [1.29, 1.82) is 0 Å². The smallest absolute Gasteiger partial charge is 0.260 e. The predicted molar refractivity (Wildman–Crippen MR) is 153 cm³/mol. The van der Waals surface area contributed by atoms with Crippen LogP contribution in [0.25, 0.3) is 0 Å². The number of anilines is 3. The van der Waals surface area contributed by atoms with Gasteiger partial charge in [0.15, 0.2) is 5.54 Å². The molecule has 6 rings (SSSR count). The van der Waals surface area contributed by atoms with Gasteiger partial charge in [0, 0.05) is 22.0 Å². The van der Waals surface area contributed by atoms with Gasteiger partial charge in [0.2, 0.25) is 11.8 Å². The van der Waals surface area contributed by atoms with Gasteiger partial charge in [-0.1, -0.05) is 11.6 Å². The van der Waals surface area contributed by atoms with Crippen LogP contribution < -0.4 is 24.2 Å². The number of benzene rings is 3. The zero-order valence-electron chi connectivity index (χ0n) is 23.2. The van der Waals surface area contributed by atoms with E-state index in [0.29, 0.717) is 39.1 Å².